The number of aromatic nitrogens is 3. The molecule has 3 aromatic rings. The fourth-order valence-electron chi connectivity index (χ4n) is 9.17. The Morgan fingerprint density at radius 2 is 1.66 bits per heavy atom. The second kappa shape index (κ2) is 25.6. The van der Waals surface area contributed by atoms with E-state index in [1.165, 1.54) is 17.4 Å². The van der Waals surface area contributed by atoms with Crippen molar-refractivity contribution in [3.05, 3.63) is 136 Å². The molecule has 0 amide bonds. The van der Waals surface area contributed by atoms with Gasteiger partial charge < -0.3 is 39.8 Å². The number of Topliss-reactive ketones (excluding diaryl/α,β-unsaturated/α-hetero) is 4. The molecule has 2 heterocycles. The first-order valence-corrected chi connectivity index (χ1v) is 25.2. The van der Waals surface area contributed by atoms with E-state index in [9.17, 15) is 24.3 Å². The lowest BCUT2D eigenvalue weighted by atomic mass is 9.73. The normalized spacial score (nSPS) is 19.7. The molecule has 1 aromatic heterocycles. The smallest absolute Gasteiger partial charge is 0.169 e. The third-order valence-electron chi connectivity index (χ3n) is 13.2. The van der Waals surface area contributed by atoms with Gasteiger partial charge in [-0.3, -0.25) is 19.2 Å². The van der Waals surface area contributed by atoms with Gasteiger partial charge in [0.2, 0.25) is 0 Å². The van der Waals surface area contributed by atoms with Crippen LogP contribution in [0.1, 0.15) is 88.3 Å². The number of carbonyl (C=O) groups is 4. The third-order valence-corrected chi connectivity index (χ3v) is 14.8. The lowest BCUT2D eigenvalue weighted by molar-refractivity contribution is -0.132. The van der Waals surface area contributed by atoms with E-state index in [4.69, 9.17) is 25.8 Å². The number of aryl methyl sites for hydroxylation is 1. The molecular weight excluding hydrogens is 928 g/mol. The Bertz CT molecular complexity index is 2510. The number of anilines is 1. The lowest BCUT2D eigenvalue weighted by Gasteiger charge is -2.28. The monoisotopic (exact) mass is 994 g/mol. The van der Waals surface area contributed by atoms with Crippen molar-refractivity contribution in [2.75, 3.05) is 58.0 Å². The Hall–Kier alpha value is -5.42. The predicted octanol–water partition coefficient (Wildman–Crippen LogP) is 8.66. The topological polar surface area (TPSA) is 183 Å². The first-order valence-electron chi connectivity index (χ1n) is 24.0. The highest BCUT2D eigenvalue weighted by Gasteiger charge is 2.40. The van der Waals surface area contributed by atoms with Gasteiger partial charge in [-0.05, 0) is 99.4 Å². The van der Waals surface area contributed by atoms with Crippen LogP contribution in [-0.4, -0.2) is 102 Å². The van der Waals surface area contributed by atoms with E-state index < -0.39 is 18.1 Å². The minimum absolute atomic E-state index is 0.0132. The van der Waals surface area contributed by atoms with Gasteiger partial charge in [0.15, 0.2) is 23.1 Å². The van der Waals surface area contributed by atoms with Crippen molar-refractivity contribution in [3.63, 3.8) is 0 Å². The number of benzene rings is 2. The summed E-state index contributed by atoms with van der Waals surface area (Å²) in [4.78, 5) is 52.3. The number of thioether (sulfide) groups is 1. The molecular formula is C54H67ClN6O8S. The van der Waals surface area contributed by atoms with Crippen molar-refractivity contribution in [2.45, 2.75) is 84.2 Å². The first kappa shape index (κ1) is 53.9. The molecule has 2 aromatic carbocycles. The minimum Gasteiger partial charge on any atom is -0.491 e. The lowest BCUT2D eigenvalue weighted by Crippen LogP contribution is -2.36. The largest absolute Gasteiger partial charge is 0.491 e. The van der Waals surface area contributed by atoms with Crippen molar-refractivity contribution >= 4 is 57.8 Å². The second-order valence-electron chi connectivity index (χ2n) is 17.9. The van der Waals surface area contributed by atoms with Gasteiger partial charge in [0.25, 0.3) is 0 Å². The maximum absolute atomic E-state index is 13.6. The van der Waals surface area contributed by atoms with Crippen molar-refractivity contribution in [2.24, 2.45) is 17.8 Å². The van der Waals surface area contributed by atoms with Crippen LogP contribution in [0.2, 0.25) is 5.02 Å². The van der Waals surface area contributed by atoms with E-state index in [1.54, 1.807) is 18.7 Å². The van der Waals surface area contributed by atoms with E-state index in [2.05, 4.69) is 64.3 Å². The number of rotatable bonds is 27. The zero-order valence-electron chi connectivity index (χ0n) is 41.0. The number of nitrogens with zero attached hydrogens (tertiary/aromatic N) is 3. The molecule has 374 valence electrons. The van der Waals surface area contributed by atoms with Crippen LogP contribution in [0.15, 0.2) is 113 Å². The summed E-state index contributed by atoms with van der Waals surface area (Å²) >= 11 is 7.97. The van der Waals surface area contributed by atoms with E-state index in [0.29, 0.717) is 106 Å². The fourth-order valence-corrected chi connectivity index (χ4v) is 10.8. The SMILES string of the molecule is C=CC(CC(O)Nc1ccc(OCCOCCNCCOCCNC2=CCCC(C(=O)C(C)[C@H]3CCC(=O)C(=C)C3=O)=C2C(C)=O)cc1)c1nnc(C)n1C1SC(C)=C(C)C1C(=C)c1ccc(Cl)cc1. The Kier molecular flexibility index (Phi) is 19.7. The van der Waals surface area contributed by atoms with Crippen LogP contribution in [0, 0.1) is 24.7 Å². The number of allylic oxidation sites excluding steroid dienone is 8. The van der Waals surface area contributed by atoms with Crippen LogP contribution in [0.3, 0.4) is 0 Å². The molecule has 0 saturated heterocycles. The molecule has 16 heteroatoms. The molecule has 1 aliphatic heterocycles. The van der Waals surface area contributed by atoms with Gasteiger partial charge in [-0.2, -0.15) is 0 Å². The number of aliphatic hydroxyl groups excluding tert-OH is 1. The molecule has 6 rings (SSSR count). The molecule has 1 fully saturated rings. The van der Waals surface area contributed by atoms with Crippen LogP contribution in [0.5, 0.6) is 5.75 Å². The third kappa shape index (κ3) is 13.5. The summed E-state index contributed by atoms with van der Waals surface area (Å²) in [5.41, 5.74) is 5.37. The summed E-state index contributed by atoms with van der Waals surface area (Å²) in [5.74, 6) is -0.432. The second-order valence-corrected chi connectivity index (χ2v) is 19.6. The van der Waals surface area contributed by atoms with Gasteiger partial charge in [-0.25, -0.2) is 0 Å². The van der Waals surface area contributed by atoms with Crippen LogP contribution in [0.4, 0.5) is 5.69 Å². The highest BCUT2D eigenvalue weighted by atomic mass is 35.5. The molecule has 70 heavy (non-hydrogen) atoms. The van der Waals surface area contributed by atoms with Crippen molar-refractivity contribution in [3.8, 4) is 5.75 Å². The molecule has 4 N–H and O–H groups in total. The molecule has 3 aliphatic rings. The zero-order chi connectivity index (χ0) is 50.5. The van der Waals surface area contributed by atoms with Gasteiger partial charge in [0.05, 0.1) is 37.4 Å². The van der Waals surface area contributed by atoms with Gasteiger partial charge in [-0.15, -0.1) is 28.5 Å². The predicted molar refractivity (Wildman–Crippen MR) is 276 cm³/mol. The quantitative estimate of drug-likeness (QED) is 0.0187. The number of hydrogen-bond donors (Lipinski definition) is 4. The van der Waals surface area contributed by atoms with E-state index in [-0.39, 0.29) is 52.3 Å². The number of hydrogen-bond acceptors (Lipinski definition) is 14. The summed E-state index contributed by atoms with van der Waals surface area (Å²) in [7, 11) is 0. The molecule has 0 spiro atoms. The number of nitrogens with one attached hydrogen (secondary N) is 3. The van der Waals surface area contributed by atoms with Crippen molar-refractivity contribution in [1.29, 1.82) is 0 Å². The number of ether oxygens (including phenoxy) is 3. The summed E-state index contributed by atoms with van der Waals surface area (Å²) in [5, 5.41) is 30.7. The van der Waals surface area contributed by atoms with Crippen LogP contribution in [-0.2, 0) is 28.7 Å². The van der Waals surface area contributed by atoms with Gasteiger partial charge in [0.1, 0.15) is 30.2 Å². The maximum atomic E-state index is 13.6. The summed E-state index contributed by atoms with van der Waals surface area (Å²) in [6, 6.07) is 15.2. The molecule has 14 nitrogen and oxygen atoms in total. The van der Waals surface area contributed by atoms with Gasteiger partial charge >= 0.3 is 0 Å². The van der Waals surface area contributed by atoms with E-state index >= 15 is 0 Å². The number of ketones is 4. The number of halogens is 1. The van der Waals surface area contributed by atoms with Crippen molar-refractivity contribution in [1.82, 2.24) is 25.4 Å². The molecule has 6 atom stereocenters. The standard InChI is InChI=1S/C54H67ClN6O8S/c1-9-39(53-60-59-38(8)61(53)54-49(32(2)37(7)70-54)33(3)40-13-15-41(55)16-14-40)31-48(64)58-42-17-19-43(20-18-42)69-30-29-68-27-24-56-23-26-67-28-25-57-46-12-10-11-45(50(46)36(6)62)51(65)34(4)44-21-22-47(63)35(5)52(44)66/h9,12-20,34,39,44,48-49,54,56-58,64H,1,3,5,10-11,21-31H2,2,4,6-8H3/t34?,39?,44-,48?,49?,54?/m1/s1. The first-order chi connectivity index (χ1) is 33.6. The molecule has 0 bridgehead atoms. The summed E-state index contributed by atoms with van der Waals surface area (Å²) in [6.07, 6.45) is 4.67. The number of carbonyl (C=O) groups excluding carboxylic acids is 4. The average molecular weight is 996 g/mol. The fraction of sp³-hybridized carbons (Fsp3) is 0.444. The van der Waals surface area contributed by atoms with E-state index in [1.807, 2.05) is 67.6 Å². The highest BCUT2D eigenvalue weighted by molar-refractivity contribution is 8.03. The van der Waals surface area contributed by atoms with Crippen LogP contribution in [0.25, 0.3) is 5.57 Å². The average Bonchev–Trinajstić information content (AvgIpc) is 3.87. The minimum atomic E-state index is -0.893. The summed E-state index contributed by atoms with van der Waals surface area (Å²) < 4.78 is 19.5. The maximum Gasteiger partial charge on any atom is 0.169 e. The Balaban J connectivity index is 0.848. The van der Waals surface area contributed by atoms with E-state index in [0.717, 1.165) is 28.5 Å². The molecule has 0 radical (unpaired) electrons. The molecule has 5 unspecified atom stereocenters. The van der Waals surface area contributed by atoms with Crippen molar-refractivity contribution < 1.29 is 38.5 Å². The Morgan fingerprint density at radius 1 is 0.971 bits per heavy atom. The Morgan fingerprint density at radius 3 is 2.34 bits per heavy atom. The highest BCUT2D eigenvalue weighted by Crippen LogP contribution is 2.54. The zero-order valence-corrected chi connectivity index (χ0v) is 42.6. The molecule has 1 saturated carbocycles. The van der Waals surface area contributed by atoms with Crippen LogP contribution >= 0.6 is 23.4 Å². The van der Waals surface area contributed by atoms with Gasteiger partial charge in [-0.1, -0.05) is 61.5 Å². The molecule has 2 aliphatic carbocycles. The van der Waals surface area contributed by atoms with Crippen LogP contribution < -0.4 is 20.7 Å². The summed E-state index contributed by atoms with van der Waals surface area (Å²) in [6.45, 7) is 25.5. The number of aliphatic hydroxyl groups is 1. The van der Waals surface area contributed by atoms with Gasteiger partial charge in [0, 0.05) is 83.7 Å². The Labute approximate surface area is 421 Å².